The molecule has 7 heteroatoms. The number of fused-ring (bicyclic) bond motifs is 1. The van der Waals surface area contributed by atoms with Crippen LogP contribution in [0.2, 0.25) is 0 Å². The third kappa shape index (κ3) is 3.80. The second-order valence-electron chi connectivity index (χ2n) is 7.52. The molecule has 2 aliphatic rings. The highest BCUT2D eigenvalue weighted by Crippen LogP contribution is 2.31. The molecule has 1 unspecified atom stereocenters. The third-order valence-corrected chi connectivity index (χ3v) is 7.47. The maximum absolute atomic E-state index is 13.2. The zero-order valence-electron chi connectivity index (χ0n) is 15.9. The van der Waals surface area contributed by atoms with Crippen molar-refractivity contribution in [3.8, 4) is 0 Å². The first-order valence-electron chi connectivity index (χ1n) is 9.38. The van der Waals surface area contributed by atoms with Crippen molar-refractivity contribution in [1.29, 1.82) is 0 Å². The van der Waals surface area contributed by atoms with Crippen molar-refractivity contribution >= 4 is 21.6 Å². The first kappa shape index (κ1) is 19.3. The lowest BCUT2D eigenvalue weighted by atomic mass is 10.0. The van der Waals surface area contributed by atoms with Crippen molar-refractivity contribution in [3.05, 3.63) is 23.8 Å². The smallest absolute Gasteiger partial charge is 0.243 e. The molecule has 26 heavy (non-hydrogen) atoms. The van der Waals surface area contributed by atoms with E-state index in [0.29, 0.717) is 30.6 Å². The van der Waals surface area contributed by atoms with Crippen molar-refractivity contribution in [2.45, 2.75) is 50.0 Å². The Kier molecular flexibility index (Phi) is 5.69. The average Bonchev–Trinajstić information content (AvgIpc) is 2.87. The summed E-state index contributed by atoms with van der Waals surface area (Å²) in [5.41, 5.74) is 1.81. The van der Waals surface area contributed by atoms with Crippen molar-refractivity contribution in [3.63, 3.8) is 0 Å². The molecule has 0 radical (unpaired) electrons. The van der Waals surface area contributed by atoms with Crippen LogP contribution in [0.15, 0.2) is 23.1 Å². The van der Waals surface area contributed by atoms with Gasteiger partial charge in [-0.05, 0) is 63.9 Å². The summed E-state index contributed by atoms with van der Waals surface area (Å²) >= 11 is 0. The summed E-state index contributed by atoms with van der Waals surface area (Å²) in [6.45, 7) is 3.28. The molecule has 1 atom stereocenters. The Balaban J connectivity index is 1.88. The number of rotatable bonds is 3. The number of carbonyl (C=O) groups excluding carboxylic acids is 1. The van der Waals surface area contributed by atoms with Crippen molar-refractivity contribution < 1.29 is 13.2 Å². The summed E-state index contributed by atoms with van der Waals surface area (Å²) in [5.74, 6) is -0.0379. The molecule has 0 N–H and O–H groups in total. The first-order chi connectivity index (χ1) is 12.3. The predicted octanol–water partition coefficient (Wildman–Crippen LogP) is 2.09. The summed E-state index contributed by atoms with van der Waals surface area (Å²) in [6, 6.07) is 5.69. The lowest BCUT2D eigenvalue weighted by Gasteiger charge is -2.29. The van der Waals surface area contributed by atoms with Gasteiger partial charge in [0.25, 0.3) is 0 Å². The highest BCUT2D eigenvalue weighted by molar-refractivity contribution is 7.89. The molecule has 2 aliphatic heterocycles. The molecule has 0 saturated carbocycles. The Labute approximate surface area is 156 Å². The van der Waals surface area contributed by atoms with E-state index < -0.39 is 10.0 Å². The summed E-state index contributed by atoms with van der Waals surface area (Å²) in [4.78, 5) is 16.1. The molecular weight excluding hydrogens is 350 g/mol. The monoisotopic (exact) mass is 379 g/mol. The molecule has 1 fully saturated rings. The zero-order chi connectivity index (χ0) is 18.9. The van der Waals surface area contributed by atoms with Crippen LogP contribution in [0.3, 0.4) is 0 Å². The molecule has 0 spiro atoms. The first-order valence-corrected chi connectivity index (χ1v) is 10.8. The fourth-order valence-electron chi connectivity index (χ4n) is 4.00. The zero-order valence-corrected chi connectivity index (χ0v) is 16.8. The van der Waals surface area contributed by atoms with Crippen LogP contribution < -0.4 is 4.90 Å². The molecule has 1 saturated heterocycles. The van der Waals surface area contributed by atoms with Gasteiger partial charge in [0.1, 0.15) is 0 Å². The van der Waals surface area contributed by atoms with E-state index in [1.165, 1.54) is 6.92 Å². The van der Waals surface area contributed by atoms with Gasteiger partial charge in [-0.25, -0.2) is 8.42 Å². The van der Waals surface area contributed by atoms with Crippen LogP contribution in [0.5, 0.6) is 0 Å². The van der Waals surface area contributed by atoms with E-state index in [4.69, 9.17) is 0 Å². The molecule has 1 aromatic carbocycles. The Morgan fingerprint density at radius 2 is 1.88 bits per heavy atom. The van der Waals surface area contributed by atoms with Gasteiger partial charge in [0.15, 0.2) is 0 Å². The second kappa shape index (κ2) is 7.66. The Hall–Kier alpha value is -1.44. The minimum atomic E-state index is -3.54. The molecule has 1 aromatic rings. The topological polar surface area (TPSA) is 60.9 Å². The summed E-state index contributed by atoms with van der Waals surface area (Å²) in [6.07, 6.45) is 4.52. The van der Waals surface area contributed by atoms with Gasteiger partial charge in [-0.1, -0.05) is 6.07 Å². The number of aryl methyl sites for hydroxylation is 1. The van der Waals surface area contributed by atoms with Crippen LogP contribution in [0.4, 0.5) is 5.69 Å². The van der Waals surface area contributed by atoms with Crippen LogP contribution in [0.25, 0.3) is 0 Å². The van der Waals surface area contributed by atoms with Crippen molar-refractivity contribution in [2.75, 3.05) is 38.6 Å². The lowest BCUT2D eigenvalue weighted by Crippen LogP contribution is -2.35. The number of anilines is 1. The van der Waals surface area contributed by atoms with Crippen LogP contribution >= 0.6 is 0 Å². The van der Waals surface area contributed by atoms with E-state index in [1.807, 2.05) is 6.07 Å². The van der Waals surface area contributed by atoms with E-state index in [9.17, 15) is 13.2 Å². The van der Waals surface area contributed by atoms with E-state index in [-0.39, 0.29) is 5.91 Å². The predicted molar refractivity (Wildman–Crippen MR) is 103 cm³/mol. The van der Waals surface area contributed by atoms with E-state index in [2.05, 4.69) is 19.0 Å². The van der Waals surface area contributed by atoms with Crippen molar-refractivity contribution in [1.82, 2.24) is 9.21 Å². The summed E-state index contributed by atoms with van der Waals surface area (Å²) in [7, 11) is 0.560. The highest BCUT2D eigenvalue weighted by Gasteiger charge is 2.30. The van der Waals surface area contributed by atoms with Crippen molar-refractivity contribution in [2.24, 2.45) is 0 Å². The maximum atomic E-state index is 13.2. The number of sulfonamides is 1. The van der Waals surface area contributed by atoms with Gasteiger partial charge < -0.3 is 9.80 Å². The number of nitrogens with zero attached hydrogens (tertiary/aromatic N) is 3. The molecule has 0 aliphatic carbocycles. The minimum absolute atomic E-state index is 0.0379. The van der Waals surface area contributed by atoms with Gasteiger partial charge in [-0.2, -0.15) is 4.31 Å². The number of carbonyl (C=O) groups is 1. The molecule has 2 heterocycles. The molecular formula is C19H29N3O3S. The Morgan fingerprint density at radius 1 is 1.12 bits per heavy atom. The summed E-state index contributed by atoms with van der Waals surface area (Å²) in [5, 5.41) is 0. The van der Waals surface area contributed by atoms with Gasteiger partial charge in [-0.15, -0.1) is 0 Å². The molecule has 0 bridgehead atoms. The van der Waals surface area contributed by atoms with Crippen LogP contribution in [0.1, 0.15) is 38.2 Å². The molecule has 0 aromatic heterocycles. The molecule has 1 amide bonds. The molecule has 3 rings (SSSR count). The quantitative estimate of drug-likeness (QED) is 0.807. The van der Waals surface area contributed by atoms with Gasteiger partial charge in [0, 0.05) is 38.3 Å². The fraction of sp³-hybridized carbons (Fsp3) is 0.632. The van der Waals surface area contributed by atoms with E-state index in [1.54, 1.807) is 21.3 Å². The fourth-order valence-corrected chi connectivity index (χ4v) is 5.51. The third-order valence-electron chi connectivity index (χ3n) is 5.58. The normalized spacial score (nSPS) is 22.2. The Bertz CT molecular complexity index is 776. The largest absolute Gasteiger partial charge is 0.312 e. The lowest BCUT2D eigenvalue weighted by molar-refractivity contribution is -0.116. The number of benzene rings is 1. The van der Waals surface area contributed by atoms with Gasteiger partial charge in [0.2, 0.25) is 15.9 Å². The van der Waals surface area contributed by atoms with E-state index >= 15 is 0 Å². The van der Waals surface area contributed by atoms with E-state index in [0.717, 1.165) is 43.4 Å². The van der Waals surface area contributed by atoms with Crippen LogP contribution in [-0.4, -0.2) is 63.3 Å². The Morgan fingerprint density at radius 3 is 2.58 bits per heavy atom. The molecule has 6 nitrogen and oxygen atoms in total. The van der Waals surface area contributed by atoms with Gasteiger partial charge in [0.05, 0.1) is 4.90 Å². The SMILES string of the molecule is CC(=O)N1CCCc2ccc(S(=O)(=O)N3CCCC(N(C)C)CC3)cc21. The van der Waals surface area contributed by atoms with Gasteiger partial charge in [-0.3, -0.25) is 4.79 Å². The number of hydrogen-bond acceptors (Lipinski definition) is 4. The minimum Gasteiger partial charge on any atom is -0.312 e. The number of amides is 1. The number of hydrogen-bond donors (Lipinski definition) is 0. The maximum Gasteiger partial charge on any atom is 0.243 e. The summed E-state index contributed by atoms with van der Waals surface area (Å²) < 4.78 is 28.0. The second-order valence-corrected chi connectivity index (χ2v) is 9.46. The van der Waals surface area contributed by atoms with Crippen LogP contribution in [-0.2, 0) is 21.2 Å². The average molecular weight is 380 g/mol. The highest BCUT2D eigenvalue weighted by atomic mass is 32.2. The standard InChI is InChI=1S/C19H29N3O3S/c1-15(23)22-12-4-6-16-8-9-18(14-19(16)22)26(24,25)21-11-5-7-17(10-13-21)20(2)3/h8-9,14,17H,4-7,10-13H2,1-3H3. The molecule has 144 valence electrons. The van der Waals surface area contributed by atoms with Crippen LogP contribution in [0, 0.1) is 0 Å². The van der Waals surface area contributed by atoms with Gasteiger partial charge >= 0.3 is 0 Å².